The van der Waals surface area contributed by atoms with E-state index in [9.17, 15) is 4.79 Å². The van der Waals surface area contributed by atoms with Gasteiger partial charge in [-0.2, -0.15) is 0 Å². The number of aromatic nitrogens is 1. The number of hydrogen-bond acceptors (Lipinski definition) is 2. The molecule has 2 aromatic carbocycles. The first kappa shape index (κ1) is 19.2. The highest BCUT2D eigenvalue weighted by molar-refractivity contribution is 6.34. The summed E-state index contributed by atoms with van der Waals surface area (Å²) in [5.41, 5.74) is 4.82. The van der Waals surface area contributed by atoms with E-state index in [0.717, 1.165) is 33.3 Å². The third-order valence-corrected chi connectivity index (χ3v) is 4.72. The first-order valence-corrected chi connectivity index (χ1v) is 8.21. The molecular formula is C20H20Cl2N2O. The van der Waals surface area contributed by atoms with Crippen LogP contribution in [-0.2, 0) is 11.3 Å². The van der Waals surface area contributed by atoms with E-state index in [-0.39, 0.29) is 18.3 Å². The Morgan fingerprint density at radius 3 is 2.40 bits per heavy atom. The molecule has 0 saturated carbocycles. The van der Waals surface area contributed by atoms with E-state index in [1.54, 1.807) is 18.9 Å². The molecule has 0 aliphatic carbocycles. The highest BCUT2D eigenvalue weighted by Crippen LogP contribution is 2.33. The Labute approximate surface area is 159 Å². The number of benzene rings is 2. The van der Waals surface area contributed by atoms with E-state index in [2.05, 4.69) is 0 Å². The fourth-order valence-electron chi connectivity index (χ4n) is 2.70. The Morgan fingerprint density at radius 2 is 1.76 bits per heavy atom. The average Bonchev–Trinajstić information content (AvgIpc) is 2.59. The van der Waals surface area contributed by atoms with Gasteiger partial charge in [-0.05, 0) is 24.1 Å². The van der Waals surface area contributed by atoms with Gasteiger partial charge in [0.05, 0.1) is 16.2 Å². The zero-order valence-electron chi connectivity index (χ0n) is 14.4. The van der Waals surface area contributed by atoms with Gasteiger partial charge in [0.1, 0.15) is 0 Å². The molecule has 1 aromatic heterocycles. The van der Waals surface area contributed by atoms with Crippen molar-refractivity contribution < 1.29 is 4.79 Å². The summed E-state index contributed by atoms with van der Waals surface area (Å²) in [6.07, 6.45) is 0. The van der Waals surface area contributed by atoms with Crippen LogP contribution in [0.3, 0.4) is 0 Å². The lowest BCUT2D eigenvalue weighted by Crippen LogP contribution is -2.22. The van der Waals surface area contributed by atoms with Crippen molar-refractivity contribution in [3.05, 3.63) is 64.7 Å². The van der Waals surface area contributed by atoms with Gasteiger partial charge in [0.15, 0.2) is 0 Å². The maximum absolute atomic E-state index is 11.3. The third kappa shape index (κ3) is 3.94. The van der Waals surface area contributed by atoms with E-state index < -0.39 is 0 Å². The minimum absolute atomic E-state index is 0. The molecule has 25 heavy (non-hydrogen) atoms. The molecule has 0 spiro atoms. The summed E-state index contributed by atoms with van der Waals surface area (Å²) in [5, 5.41) is 1.76. The SMILES string of the molecule is CC(=O)N(C)Cc1ccc(-c2nc3ccccc3c(C)c2Cl)cc1.Cl. The highest BCUT2D eigenvalue weighted by Gasteiger charge is 2.12. The molecule has 1 heterocycles. The second-order valence-electron chi connectivity index (χ2n) is 5.99. The summed E-state index contributed by atoms with van der Waals surface area (Å²) in [6.45, 7) is 4.18. The second kappa shape index (κ2) is 7.85. The van der Waals surface area contributed by atoms with E-state index in [1.807, 2.05) is 55.5 Å². The van der Waals surface area contributed by atoms with Gasteiger partial charge in [-0.1, -0.05) is 54.1 Å². The molecule has 3 nitrogen and oxygen atoms in total. The molecular weight excluding hydrogens is 355 g/mol. The summed E-state index contributed by atoms with van der Waals surface area (Å²) in [6, 6.07) is 16.0. The van der Waals surface area contributed by atoms with Crippen LogP contribution in [0.25, 0.3) is 22.2 Å². The van der Waals surface area contributed by atoms with Crippen molar-refractivity contribution in [3.8, 4) is 11.3 Å². The quantitative estimate of drug-likeness (QED) is 0.625. The van der Waals surface area contributed by atoms with E-state index in [4.69, 9.17) is 16.6 Å². The standard InChI is InChI=1S/C20H19ClN2O.ClH/c1-13-17-6-4-5-7-18(17)22-20(19(13)21)16-10-8-15(9-11-16)12-23(3)14(2)24;/h4-11H,12H2,1-3H3;1H. The van der Waals surface area contributed by atoms with Gasteiger partial charge >= 0.3 is 0 Å². The molecule has 0 radical (unpaired) electrons. The van der Waals surface area contributed by atoms with E-state index >= 15 is 0 Å². The molecule has 3 aromatic rings. The van der Waals surface area contributed by atoms with E-state index in [0.29, 0.717) is 11.6 Å². The number of para-hydroxylation sites is 1. The van der Waals surface area contributed by atoms with Crippen LogP contribution < -0.4 is 0 Å². The minimum Gasteiger partial charge on any atom is -0.342 e. The largest absolute Gasteiger partial charge is 0.342 e. The minimum atomic E-state index is 0. The highest BCUT2D eigenvalue weighted by atomic mass is 35.5. The number of amides is 1. The van der Waals surface area contributed by atoms with Crippen LogP contribution in [0.1, 0.15) is 18.1 Å². The van der Waals surface area contributed by atoms with Crippen LogP contribution >= 0.6 is 24.0 Å². The normalized spacial score (nSPS) is 10.4. The fraction of sp³-hybridized carbons (Fsp3) is 0.200. The van der Waals surface area contributed by atoms with Crippen molar-refractivity contribution in [2.45, 2.75) is 20.4 Å². The number of carbonyl (C=O) groups excluding carboxylic acids is 1. The Morgan fingerprint density at radius 1 is 1.12 bits per heavy atom. The van der Waals surface area contributed by atoms with Crippen molar-refractivity contribution >= 4 is 40.8 Å². The molecule has 0 aliphatic heterocycles. The number of aryl methyl sites for hydroxylation is 1. The van der Waals surface area contributed by atoms with Crippen molar-refractivity contribution in [2.75, 3.05) is 7.05 Å². The van der Waals surface area contributed by atoms with Crippen LogP contribution in [0, 0.1) is 6.92 Å². The molecule has 0 aliphatic rings. The Kier molecular flexibility index (Phi) is 6.04. The van der Waals surface area contributed by atoms with Gasteiger partial charge in [-0.15, -0.1) is 12.4 Å². The maximum atomic E-state index is 11.3. The molecule has 0 bridgehead atoms. The molecule has 1 amide bonds. The van der Waals surface area contributed by atoms with Crippen LogP contribution in [0.4, 0.5) is 0 Å². The van der Waals surface area contributed by atoms with Gasteiger partial charge in [-0.3, -0.25) is 4.79 Å². The topological polar surface area (TPSA) is 33.2 Å². The molecule has 5 heteroatoms. The van der Waals surface area contributed by atoms with Gasteiger partial charge in [0.25, 0.3) is 0 Å². The lowest BCUT2D eigenvalue weighted by atomic mass is 10.0. The smallest absolute Gasteiger partial charge is 0.219 e. The van der Waals surface area contributed by atoms with Crippen molar-refractivity contribution in [3.63, 3.8) is 0 Å². The monoisotopic (exact) mass is 374 g/mol. The van der Waals surface area contributed by atoms with Crippen molar-refractivity contribution in [1.82, 2.24) is 9.88 Å². The molecule has 0 N–H and O–H groups in total. The molecule has 3 rings (SSSR count). The van der Waals surface area contributed by atoms with Gasteiger partial charge < -0.3 is 4.90 Å². The van der Waals surface area contributed by atoms with Gasteiger partial charge in [0.2, 0.25) is 5.91 Å². The first-order valence-electron chi connectivity index (χ1n) is 7.83. The zero-order valence-corrected chi connectivity index (χ0v) is 16.0. The molecule has 0 saturated heterocycles. The predicted octanol–water partition coefficient (Wildman–Crippen LogP) is 5.26. The number of carbonyl (C=O) groups is 1. The Hall–Kier alpha value is -2.10. The fourth-order valence-corrected chi connectivity index (χ4v) is 2.95. The molecule has 0 fully saturated rings. The second-order valence-corrected chi connectivity index (χ2v) is 6.37. The van der Waals surface area contributed by atoms with Crippen LogP contribution in [0.2, 0.25) is 5.02 Å². The van der Waals surface area contributed by atoms with Crippen LogP contribution in [-0.4, -0.2) is 22.8 Å². The van der Waals surface area contributed by atoms with Crippen molar-refractivity contribution in [2.24, 2.45) is 0 Å². The lowest BCUT2D eigenvalue weighted by Gasteiger charge is -2.15. The van der Waals surface area contributed by atoms with Gasteiger partial charge in [-0.25, -0.2) is 4.98 Å². The summed E-state index contributed by atoms with van der Waals surface area (Å²) < 4.78 is 0. The van der Waals surface area contributed by atoms with Crippen LogP contribution in [0.15, 0.2) is 48.5 Å². The van der Waals surface area contributed by atoms with E-state index in [1.165, 1.54) is 0 Å². The Bertz CT molecular complexity index is 907. The molecule has 130 valence electrons. The first-order chi connectivity index (χ1) is 11.5. The summed E-state index contributed by atoms with van der Waals surface area (Å²) in [5.74, 6) is 0.0499. The summed E-state index contributed by atoms with van der Waals surface area (Å²) in [4.78, 5) is 17.8. The Balaban J connectivity index is 0.00000225. The maximum Gasteiger partial charge on any atom is 0.219 e. The third-order valence-electron chi connectivity index (χ3n) is 4.26. The zero-order chi connectivity index (χ0) is 17.3. The summed E-state index contributed by atoms with van der Waals surface area (Å²) >= 11 is 6.56. The number of pyridine rings is 1. The number of rotatable bonds is 3. The van der Waals surface area contributed by atoms with Gasteiger partial charge in [0, 0.05) is 31.5 Å². The average molecular weight is 375 g/mol. The number of nitrogens with zero attached hydrogens (tertiary/aromatic N) is 2. The molecule has 0 unspecified atom stereocenters. The predicted molar refractivity (Wildman–Crippen MR) is 106 cm³/mol. The van der Waals surface area contributed by atoms with Crippen LogP contribution in [0.5, 0.6) is 0 Å². The lowest BCUT2D eigenvalue weighted by molar-refractivity contribution is -0.128. The number of hydrogen-bond donors (Lipinski definition) is 0. The summed E-state index contributed by atoms with van der Waals surface area (Å²) in [7, 11) is 1.79. The van der Waals surface area contributed by atoms with Crippen molar-refractivity contribution in [1.29, 1.82) is 0 Å². The molecule has 0 atom stereocenters. The number of fused-ring (bicyclic) bond motifs is 1. The number of halogens is 2.